The lowest BCUT2D eigenvalue weighted by atomic mass is 9.39. The summed E-state index contributed by atoms with van der Waals surface area (Å²) < 4.78 is 6.35. The topological polar surface area (TPSA) is 29.5 Å². The molecular weight excluding hydrogens is 310 g/mol. The molecule has 8 aliphatic rings. The number of ketones is 1. The minimum atomic E-state index is 0.0533. The fourth-order valence-corrected chi connectivity index (χ4v) is 10.3. The first-order chi connectivity index (χ1) is 12.0. The van der Waals surface area contributed by atoms with E-state index in [1.54, 1.807) is 0 Å². The fraction of sp³-hybridized carbons (Fsp3) is 0.864. The zero-order chi connectivity index (χ0) is 16.8. The molecule has 0 amide bonds. The molecule has 3 heteroatoms. The van der Waals surface area contributed by atoms with Crippen molar-refractivity contribution in [1.29, 1.82) is 0 Å². The van der Waals surface area contributed by atoms with Gasteiger partial charge in [-0.3, -0.25) is 9.69 Å². The van der Waals surface area contributed by atoms with Crippen molar-refractivity contribution < 1.29 is 9.53 Å². The Balaban J connectivity index is 1.54. The predicted octanol–water partition coefficient (Wildman–Crippen LogP) is 3.39. The number of piperidine rings is 1. The summed E-state index contributed by atoms with van der Waals surface area (Å²) in [7, 11) is 0. The first-order valence-corrected chi connectivity index (χ1v) is 10.6. The Morgan fingerprint density at radius 1 is 1.24 bits per heavy atom. The molecule has 0 aromatic carbocycles. The molecule has 2 saturated heterocycles. The van der Waals surface area contributed by atoms with Crippen LogP contribution in [-0.4, -0.2) is 36.1 Å². The normalized spacial score (nSPS) is 63.9. The first-order valence-electron chi connectivity index (χ1n) is 10.6. The van der Waals surface area contributed by atoms with Crippen LogP contribution >= 0.6 is 0 Å². The van der Waals surface area contributed by atoms with Crippen LogP contribution in [0.15, 0.2) is 12.2 Å². The van der Waals surface area contributed by atoms with E-state index >= 15 is 0 Å². The molecule has 2 aliphatic heterocycles. The van der Waals surface area contributed by atoms with Crippen molar-refractivity contribution in [3.63, 3.8) is 0 Å². The van der Waals surface area contributed by atoms with E-state index in [0.717, 1.165) is 43.7 Å². The molecule has 0 aromatic rings. The van der Waals surface area contributed by atoms with Gasteiger partial charge in [0.05, 0.1) is 6.61 Å². The van der Waals surface area contributed by atoms with Crippen LogP contribution in [0.4, 0.5) is 0 Å². The molecule has 6 bridgehead atoms. The molecule has 6 aliphatic carbocycles. The largest absolute Gasteiger partial charge is 0.361 e. The van der Waals surface area contributed by atoms with E-state index < -0.39 is 0 Å². The molecule has 2 heterocycles. The maximum atomic E-state index is 13.7. The van der Waals surface area contributed by atoms with E-state index in [2.05, 4.69) is 18.4 Å². The van der Waals surface area contributed by atoms with E-state index in [0.29, 0.717) is 11.8 Å². The van der Waals surface area contributed by atoms with Gasteiger partial charge in [-0.2, -0.15) is 0 Å². The summed E-state index contributed by atoms with van der Waals surface area (Å²) in [5.41, 5.74) is 2.06. The monoisotopic (exact) mass is 339 g/mol. The number of Topliss-reactive ketones (excluding diaryl/α,β-unsaturated/α-hetero) is 1. The van der Waals surface area contributed by atoms with Gasteiger partial charge in [-0.25, -0.2) is 0 Å². The Kier molecular flexibility index (Phi) is 2.27. The van der Waals surface area contributed by atoms with Crippen molar-refractivity contribution in [3.8, 4) is 0 Å². The van der Waals surface area contributed by atoms with Gasteiger partial charge in [0.15, 0.2) is 0 Å². The minimum Gasteiger partial charge on any atom is -0.361 e. The summed E-state index contributed by atoms with van der Waals surface area (Å²) in [6.07, 6.45) is 8.64. The van der Waals surface area contributed by atoms with Crippen molar-refractivity contribution in [1.82, 2.24) is 4.90 Å². The van der Waals surface area contributed by atoms with Crippen LogP contribution < -0.4 is 0 Å². The average Bonchev–Trinajstić information content (AvgIpc) is 3.05. The number of rotatable bonds is 0. The van der Waals surface area contributed by atoms with Gasteiger partial charge in [0.2, 0.25) is 0 Å². The van der Waals surface area contributed by atoms with Crippen LogP contribution in [0.1, 0.15) is 51.9 Å². The standard InChI is InChI=1S/C22H29NO2/c1-12-10-21-11-15(24)17-20(2)4-3-5-22(17)16(21)9-13(12)8-14(21)18(22)23-6-7-25-19(20)23/h13-14,16-19H,1,3-11H2,2H3/t13-,14+,16+,17+,18+,19-,20-,21-,22-/m0/s1. The van der Waals surface area contributed by atoms with Crippen molar-refractivity contribution >= 4 is 5.78 Å². The van der Waals surface area contributed by atoms with Crippen LogP contribution in [0.3, 0.4) is 0 Å². The molecule has 8 fully saturated rings. The van der Waals surface area contributed by atoms with Gasteiger partial charge in [0.1, 0.15) is 12.0 Å². The summed E-state index contributed by atoms with van der Waals surface area (Å²) in [6, 6.07) is 0.618. The molecule has 0 unspecified atom stereocenters. The number of nitrogens with zero attached hydrogens (tertiary/aromatic N) is 1. The second-order valence-electron chi connectivity index (χ2n) is 10.8. The van der Waals surface area contributed by atoms with E-state index in [1.807, 2.05) is 0 Å². The average molecular weight is 339 g/mol. The highest BCUT2D eigenvalue weighted by Crippen LogP contribution is 2.83. The van der Waals surface area contributed by atoms with E-state index in [1.165, 1.54) is 37.7 Å². The van der Waals surface area contributed by atoms with Gasteiger partial charge in [0, 0.05) is 35.8 Å². The van der Waals surface area contributed by atoms with Crippen molar-refractivity contribution in [3.05, 3.63) is 12.2 Å². The van der Waals surface area contributed by atoms with Gasteiger partial charge in [0.25, 0.3) is 0 Å². The predicted molar refractivity (Wildman–Crippen MR) is 93.6 cm³/mol. The number of fused-ring (bicyclic) bond motifs is 4. The number of carbonyl (C=O) groups excluding carboxylic acids is 1. The van der Waals surface area contributed by atoms with Crippen LogP contribution in [0.2, 0.25) is 0 Å². The zero-order valence-electron chi connectivity index (χ0n) is 15.3. The molecule has 25 heavy (non-hydrogen) atoms. The number of hydrogen-bond acceptors (Lipinski definition) is 3. The van der Waals surface area contributed by atoms with Crippen molar-refractivity contribution in [2.75, 3.05) is 13.2 Å². The summed E-state index contributed by atoms with van der Waals surface area (Å²) in [6.45, 7) is 8.83. The SMILES string of the molecule is C=C1C[C@@]23CC(=O)[C@@H]4[C@]5(C)CCC[C@]46[C@@H]2C[C@@H]1C[C@@H]3[C@H]6N1CCO[C@H]15. The maximum Gasteiger partial charge on any atom is 0.137 e. The highest BCUT2D eigenvalue weighted by molar-refractivity contribution is 5.86. The summed E-state index contributed by atoms with van der Waals surface area (Å²) >= 11 is 0. The van der Waals surface area contributed by atoms with Gasteiger partial charge in [-0.05, 0) is 55.3 Å². The third-order valence-corrected chi connectivity index (χ3v) is 10.4. The summed E-state index contributed by atoms with van der Waals surface area (Å²) in [5.74, 6) is 3.12. The third kappa shape index (κ3) is 1.22. The fourth-order valence-electron chi connectivity index (χ4n) is 10.3. The molecule has 0 radical (unpaired) electrons. The molecule has 3 nitrogen and oxygen atoms in total. The summed E-state index contributed by atoms with van der Waals surface area (Å²) in [5, 5.41) is 0. The molecule has 0 N–H and O–H groups in total. The Morgan fingerprint density at radius 2 is 2.12 bits per heavy atom. The van der Waals surface area contributed by atoms with Crippen LogP contribution in [0.5, 0.6) is 0 Å². The van der Waals surface area contributed by atoms with Gasteiger partial charge in [-0.1, -0.05) is 25.5 Å². The Morgan fingerprint density at radius 3 is 3.00 bits per heavy atom. The second kappa shape index (κ2) is 3.94. The molecule has 0 aromatic heterocycles. The molecule has 134 valence electrons. The Labute approximate surface area is 150 Å². The highest BCUT2D eigenvalue weighted by atomic mass is 16.5. The van der Waals surface area contributed by atoms with E-state index in [9.17, 15) is 4.79 Å². The first kappa shape index (κ1) is 14.4. The van der Waals surface area contributed by atoms with Crippen molar-refractivity contribution in [2.24, 2.45) is 39.9 Å². The zero-order valence-corrected chi connectivity index (χ0v) is 15.3. The maximum absolute atomic E-state index is 13.7. The number of ether oxygens (including phenoxy) is 1. The summed E-state index contributed by atoms with van der Waals surface area (Å²) in [4.78, 5) is 16.5. The minimum absolute atomic E-state index is 0.0533. The van der Waals surface area contributed by atoms with Crippen LogP contribution in [0, 0.1) is 39.9 Å². The third-order valence-electron chi connectivity index (χ3n) is 10.4. The van der Waals surface area contributed by atoms with Crippen LogP contribution in [0.25, 0.3) is 0 Å². The second-order valence-corrected chi connectivity index (χ2v) is 10.8. The lowest BCUT2D eigenvalue weighted by Crippen LogP contribution is -2.71. The molecule has 6 saturated carbocycles. The van der Waals surface area contributed by atoms with Gasteiger partial charge in [-0.15, -0.1) is 0 Å². The quantitative estimate of drug-likeness (QED) is 0.634. The Bertz CT molecular complexity index is 732. The molecule has 8 rings (SSSR count). The van der Waals surface area contributed by atoms with Crippen LogP contribution in [-0.2, 0) is 9.53 Å². The lowest BCUT2D eigenvalue weighted by Gasteiger charge is -2.67. The molecule has 2 spiro atoms. The number of hydrogen-bond donors (Lipinski definition) is 0. The number of carbonyl (C=O) groups is 1. The highest BCUT2D eigenvalue weighted by Gasteiger charge is 2.83. The van der Waals surface area contributed by atoms with E-state index in [-0.39, 0.29) is 28.4 Å². The number of allylic oxidation sites excluding steroid dienone is 1. The van der Waals surface area contributed by atoms with Gasteiger partial charge >= 0.3 is 0 Å². The van der Waals surface area contributed by atoms with Crippen molar-refractivity contribution in [2.45, 2.75) is 64.1 Å². The van der Waals surface area contributed by atoms with Gasteiger partial charge < -0.3 is 4.74 Å². The molecule has 9 atom stereocenters. The Hall–Kier alpha value is -0.670. The van der Waals surface area contributed by atoms with E-state index in [4.69, 9.17) is 4.74 Å². The molecular formula is C22H29NO2. The smallest absolute Gasteiger partial charge is 0.137 e. The lowest BCUT2D eigenvalue weighted by molar-refractivity contribution is -0.233.